The van der Waals surface area contributed by atoms with Crippen molar-refractivity contribution in [1.82, 2.24) is 15.2 Å². The second-order valence-corrected chi connectivity index (χ2v) is 5.39. The molecule has 0 unspecified atom stereocenters. The van der Waals surface area contributed by atoms with Crippen molar-refractivity contribution < 1.29 is 14.4 Å². The Hall–Kier alpha value is -3.15. The minimum Gasteiger partial charge on any atom is -0.340 e. The third kappa shape index (κ3) is 1.78. The smallest absolute Gasteiger partial charge is 0.328 e. The fourth-order valence-corrected chi connectivity index (χ4v) is 3.29. The van der Waals surface area contributed by atoms with Crippen molar-refractivity contribution >= 4 is 45.1 Å². The monoisotopic (exact) mass is 307 g/mol. The first kappa shape index (κ1) is 13.5. The fraction of sp³-hybridized carbons (Fsp3) is 0.118. The van der Waals surface area contributed by atoms with E-state index in [0.717, 1.165) is 21.7 Å². The first-order valence-electron chi connectivity index (χ1n) is 7.32. The van der Waals surface area contributed by atoms with Crippen LogP contribution in [-0.4, -0.2) is 22.4 Å². The standard InChI is InChI=1S/C17H13N3O3/c1-2-20-11-8-4-6-9-5-3-7-10(12(9)11)14(20)13-15(21)18-17(23)19-16(13)22/h3-8H,2H2,1H3,(H2,18,19,21,22,23). The minimum atomic E-state index is -0.791. The fourth-order valence-electron chi connectivity index (χ4n) is 3.29. The van der Waals surface area contributed by atoms with Crippen LogP contribution in [0, 0.1) is 0 Å². The maximum absolute atomic E-state index is 12.3. The van der Waals surface area contributed by atoms with Crippen LogP contribution in [0.15, 0.2) is 36.4 Å². The number of barbiturate groups is 1. The SMILES string of the molecule is CCn1c(=C2C(=O)NC(=O)NC2=O)c2cccc3cccc1c32. The van der Waals surface area contributed by atoms with Crippen LogP contribution in [0.2, 0.25) is 0 Å². The van der Waals surface area contributed by atoms with Crippen molar-refractivity contribution in [3.05, 3.63) is 41.7 Å². The number of aryl methyl sites for hydroxylation is 1. The van der Waals surface area contributed by atoms with Crippen molar-refractivity contribution in [3.63, 3.8) is 0 Å². The molecule has 1 aromatic heterocycles. The first-order chi connectivity index (χ1) is 11.1. The number of amides is 4. The Labute approximate surface area is 130 Å². The highest BCUT2D eigenvalue weighted by molar-refractivity contribution is 6.46. The summed E-state index contributed by atoms with van der Waals surface area (Å²) in [4.78, 5) is 35.8. The summed E-state index contributed by atoms with van der Waals surface area (Å²) in [5.41, 5.74) is 0.927. The summed E-state index contributed by atoms with van der Waals surface area (Å²) in [6.45, 7) is 2.55. The van der Waals surface area contributed by atoms with E-state index < -0.39 is 17.8 Å². The topological polar surface area (TPSA) is 80.2 Å². The van der Waals surface area contributed by atoms with Crippen molar-refractivity contribution in [2.45, 2.75) is 13.5 Å². The number of urea groups is 1. The van der Waals surface area contributed by atoms with Crippen molar-refractivity contribution in [3.8, 4) is 0 Å². The molecule has 0 saturated carbocycles. The van der Waals surface area contributed by atoms with Gasteiger partial charge in [-0.2, -0.15) is 0 Å². The van der Waals surface area contributed by atoms with Crippen LogP contribution in [0.4, 0.5) is 4.79 Å². The van der Waals surface area contributed by atoms with Gasteiger partial charge in [-0.3, -0.25) is 20.2 Å². The van der Waals surface area contributed by atoms with E-state index in [4.69, 9.17) is 0 Å². The van der Waals surface area contributed by atoms with E-state index in [-0.39, 0.29) is 5.57 Å². The lowest BCUT2D eigenvalue weighted by Crippen LogP contribution is -2.53. The second-order valence-electron chi connectivity index (χ2n) is 5.39. The number of hydrogen-bond donors (Lipinski definition) is 2. The largest absolute Gasteiger partial charge is 0.340 e. The Morgan fingerprint density at radius 1 is 0.957 bits per heavy atom. The predicted octanol–water partition coefficient (Wildman–Crippen LogP) is 1.05. The van der Waals surface area contributed by atoms with Gasteiger partial charge in [0.25, 0.3) is 11.8 Å². The number of benzene rings is 2. The summed E-state index contributed by atoms with van der Waals surface area (Å²) >= 11 is 0. The highest BCUT2D eigenvalue weighted by atomic mass is 16.2. The molecule has 1 fully saturated rings. The summed E-state index contributed by atoms with van der Waals surface area (Å²) in [6, 6.07) is 10.9. The molecular weight excluding hydrogens is 294 g/mol. The molecule has 0 spiro atoms. The maximum Gasteiger partial charge on any atom is 0.328 e. The Kier molecular flexibility index (Phi) is 2.74. The lowest BCUT2D eigenvalue weighted by atomic mass is 10.1. The van der Waals surface area contributed by atoms with Gasteiger partial charge in [-0.1, -0.05) is 30.3 Å². The van der Waals surface area contributed by atoms with Gasteiger partial charge < -0.3 is 4.57 Å². The molecule has 1 saturated heterocycles. The molecule has 3 aromatic rings. The highest BCUT2D eigenvalue weighted by Gasteiger charge is 2.30. The summed E-state index contributed by atoms with van der Waals surface area (Å²) in [6.07, 6.45) is 0. The average molecular weight is 307 g/mol. The predicted molar refractivity (Wildman–Crippen MR) is 85.4 cm³/mol. The number of imide groups is 2. The third-order valence-electron chi connectivity index (χ3n) is 4.16. The van der Waals surface area contributed by atoms with Crippen molar-refractivity contribution in [2.75, 3.05) is 0 Å². The van der Waals surface area contributed by atoms with Gasteiger partial charge in [-0.05, 0) is 18.4 Å². The molecule has 4 rings (SSSR count). The highest BCUT2D eigenvalue weighted by Crippen LogP contribution is 2.26. The normalized spacial score (nSPS) is 15.3. The quantitative estimate of drug-likeness (QED) is 0.705. The molecule has 1 aliphatic heterocycles. The van der Waals surface area contributed by atoms with Gasteiger partial charge in [0.1, 0.15) is 5.57 Å². The molecule has 6 heteroatoms. The molecule has 2 N–H and O–H groups in total. The molecule has 2 heterocycles. The van der Waals surface area contributed by atoms with Crippen LogP contribution >= 0.6 is 0 Å². The van der Waals surface area contributed by atoms with E-state index >= 15 is 0 Å². The number of carbonyl (C=O) groups excluding carboxylic acids is 3. The molecule has 4 amide bonds. The maximum atomic E-state index is 12.3. The molecule has 1 aliphatic rings. The Morgan fingerprint density at radius 2 is 1.61 bits per heavy atom. The van der Waals surface area contributed by atoms with E-state index in [1.807, 2.05) is 47.9 Å². The van der Waals surface area contributed by atoms with E-state index in [1.165, 1.54) is 0 Å². The zero-order valence-corrected chi connectivity index (χ0v) is 12.3. The average Bonchev–Trinajstić information content (AvgIpc) is 2.83. The van der Waals surface area contributed by atoms with Gasteiger partial charge in [0.2, 0.25) is 0 Å². The minimum absolute atomic E-state index is 0.0323. The number of hydrogen-bond acceptors (Lipinski definition) is 3. The molecule has 0 radical (unpaired) electrons. The van der Waals surface area contributed by atoms with Gasteiger partial charge >= 0.3 is 6.03 Å². The molecule has 23 heavy (non-hydrogen) atoms. The van der Waals surface area contributed by atoms with E-state index in [1.54, 1.807) is 0 Å². The lowest BCUT2D eigenvalue weighted by Gasteiger charge is -2.14. The van der Waals surface area contributed by atoms with Gasteiger partial charge in [0, 0.05) is 22.8 Å². The summed E-state index contributed by atoms with van der Waals surface area (Å²) < 4.78 is 1.93. The van der Waals surface area contributed by atoms with E-state index in [9.17, 15) is 14.4 Å². The van der Waals surface area contributed by atoms with Gasteiger partial charge in [0.05, 0.1) is 5.35 Å². The molecule has 114 valence electrons. The van der Waals surface area contributed by atoms with Gasteiger partial charge in [0.15, 0.2) is 0 Å². The molecule has 6 nitrogen and oxygen atoms in total. The molecule has 2 aromatic carbocycles. The van der Waals surface area contributed by atoms with Crippen LogP contribution in [0.3, 0.4) is 0 Å². The number of aromatic nitrogens is 1. The summed E-state index contributed by atoms with van der Waals surface area (Å²) in [7, 11) is 0. The third-order valence-corrected chi connectivity index (χ3v) is 4.16. The summed E-state index contributed by atoms with van der Waals surface area (Å²) in [5, 5.41) is 7.72. The van der Waals surface area contributed by atoms with Crippen LogP contribution < -0.4 is 16.0 Å². The zero-order chi connectivity index (χ0) is 16.1. The van der Waals surface area contributed by atoms with Crippen LogP contribution in [0.1, 0.15) is 6.92 Å². The molecule has 0 bridgehead atoms. The zero-order valence-electron chi connectivity index (χ0n) is 12.3. The van der Waals surface area contributed by atoms with E-state index in [2.05, 4.69) is 10.6 Å². The number of carbonyl (C=O) groups is 3. The number of rotatable bonds is 1. The van der Waals surface area contributed by atoms with E-state index in [0.29, 0.717) is 11.9 Å². The number of nitrogens with zero attached hydrogens (tertiary/aromatic N) is 1. The molecule has 0 aliphatic carbocycles. The number of nitrogens with one attached hydrogen (secondary N) is 2. The van der Waals surface area contributed by atoms with Crippen LogP contribution in [0.5, 0.6) is 0 Å². The van der Waals surface area contributed by atoms with Crippen LogP contribution in [0.25, 0.3) is 27.2 Å². The van der Waals surface area contributed by atoms with Crippen LogP contribution in [-0.2, 0) is 16.1 Å². The molecular formula is C17H13N3O3. The Morgan fingerprint density at radius 3 is 2.26 bits per heavy atom. The Bertz CT molecular complexity index is 1030. The van der Waals surface area contributed by atoms with Crippen molar-refractivity contribution in [1.29, 1.82) is 0 Å². The second kappa shape index (κ2) is 4.67. The lowest BCUT2D eigenvalue weighted by molar-refractivity contribution is -0.121. The van der Waals surface area contributed by atoms with Gasteiger partial charge in [-0.15, -0.1) is 0 Å². The molecule has 0 atom stereocenters. The van der Waals surface area contributed by atoms with Gasteiger partial charge in [-0.25, -0.2) is 4.79 Å². The summed E-state index contributed by atoms with van der Waals surface area (Å²) in [5.74, 6) is -1.34. The first-order valence-corrected chi connectivity index (χ1v) is 7.32. The Balaban J connectivity index is 2.26. The van der Waals surface area contributed by atoms with Crippen molar-refractivity contribution in [2.24, 2.45) is 0 Å².